The standard InChI is InChI=1S/C15H15Cl2NOS/c16-14-7-6-13(10-15(14)17)20-9-1-8-19-12-4-2-11(18)3-5-12/h2-7,10H,1,8-9,18H2. The highest BCUT2D eigenvalue weighted by Gasteiger charge is 2.00. The van der Waals surface area contributed by atoms with Crippen LogP contribution < -0.4 is 10.5 Å². The van der Waals surface area contributed by atoms with E-state index in [9.17, 15) is 0 Å². The highest BCUT2D eigenvalue weighted by molar-refractivity contribution is 7.99. The maximum atomic E-state index is 5.97. The summed E-state index contributed by atoms with van der Waals surface area (Å²) in [7, 11) is 0. The first-order chi connectivity index (χ1) is 9.65. The summed E-state index contributed by atoms with van der Waals surface area (Å²) in [6.07, 6.45) is 0.954. The van der Waals surface area contributed by atoms with Crippen LogP contribution in [0, 0.1) is 0 Å². The minimum atomic E-state index is 0.586. The topological polar surface area (TPSA) is 35.2 Å². The molecule has 0 bridgehead atoms. The van der Waals surface area contributed by atoms with Gasteiger partial charge in [-0.15, -0.1) is 11.8 Å². The Morgan fingerprint density at radius 1 is 1.00 bits per heavy atom. The zero-order valence-corrected chi connectivity index (χ0v) is 13.1. The lowest BCUT2D eigenvalue weighted by atomic mass is 10.3. The molecule has 0 aromatic heterocycles. The van der Waals surface area contributed by atoms with Gasteiger partial charge in [-0.25, -0.2) is 0 Å². The maximum absolute atomic E-state index is 5.97. The van der Waals surface area contributed by atoms with Crippen LogP contribution in [-0.2, 0) is 0 Å². The molecule has 2 rings (SSSR count). The number of rotatable bonds is 6. The Labute approximate surface area is 133 Å². The molecule has 0 atom stereocenters. The molecule has 0 aliphatic carbocycles. The SMILES string of the molecule is Nc1ccc(OCCCSc2ccc(Cl)c(Cl)c2)cc1. The summed E-state index contributed by atoms with van der Waals surface area (Å²) >= 11 is 13.6. The predicted octanol–water partition coefficient (Wildman–Crippen LogP) is 5.14. The quantitative estimate of drug-likeness (QED) is 0.453. The fourth-order valence-electron chi connectivity index (χ4n) is 1.57. The second kappa shape index (κ2) is 7.67. The van der Waals surface area contributed by atoms with Crippen molar-refractivity contribution in [1.29, 1.82) is 0 Å². The highest BCUT2D eigenvalue weighted by atomic mass is 35.5. The number of nitrogens with two attached hydrogens (primary N) is 1. The lowest BCUT2D eigenvalue weighted by Crippen LogP contribution is -1.98. The fraction of sp³-hybridized carbons (Fsp3) is 0.200. The van der Waals surface area contributed by atoms with Gasteiger partial charge in [0.2, 0.25) is 0 Å². The van der Waals surface area contributed by atoms with Crippen LogP contribution in [0.5, 0.6) is 5.75 Å². The molecule has 0 heterocycles. The van der Waals surface area contributed by atoms with E-state index in [0.717, 1.165) is 28.5 Å². The van der Waals surface area contributed by atoms with Gasteiger partial charge in [-0.05, 0) is 48.9 Å². The van der Waals surface area contributed by atoms with Crippen LogP contribution in [0.4, 0.5) is 5.69 Å². The largest absolute Gasteiger partial charge is 0.494 e. The molecule has 0 unspecified atom stereocenters. The summed E-state index contributed by atoms with van der Waals surface area (Å²) in [5.74, 6) is 1.81. The van der Waals surface area contributed by atoms with E-state index in [2.05, 4.69) is 0 Å². The van der Waals surface area contributed by atoms with Gasteiger partial charge in [0.25, 0.3) is 0 Å². The number of nitrogen functional groups attached to an aromatic ring is 1. The molecule has 20 heavy (non-hydrogen) atoms. The van der Waals surface area contributed by atoms with E-state index in [4.69, 9.17) is 33.7 Å². The lowest BCUT2D eigenvalue weighted by Gasteiger charge is -2.06. The minimum absolute atomic E-state index is 0.586. The predicted molar refractivity (Wildman–Crippen MR) is 88.2 cm³/mol. The van der Waals surface area contributed by atoms with Gasteiger partial charge < -0.3 is 10.5 Å². The molecule has 0 spiro atoms. The van der Waals surface area contributed by atoms with Crippen LogP contribution in [-0.4, -0.2) is 12.4 Å². The Morgan fingerprint density at radius 2 is 1.75 bits per heavy atom. The van der Waals surface area contributed by atoms with Crippen molar-refractivity contribution in [2.75, 3.05) is 18.1 Å². The van der Waals surface area contributed by atoms with Crippen molar-refractivity contribution in [3.8, 4) is 5.75 Å². The molecule has 2 aromatic carbocycles. The molecule has 2 N–H and O–H groups in total. The van der Waals surface area contributed by atoms with Crippen LogP contribution in [0.25, 0.3) is 0 Å². The third-order valence-corrected chi connectivity index (χ3v) is 4.42. The summed E-state index contributed by atoms with van der Waals surface area (Å²) in [5, 5.41) is 1.18. The van der Waals surface area contributed by atoms with Crippen molar-refractivity contribution in [2.45, 2.75) is 11.3 Å². The monoisotopic (exact) mass is 327 g/mol. The van der Waals surface area contributed by atoms with Crippen LogP contribution in [0.3, 0.4) is 0 Å². The van der Waals surface area contributed by atoms with Crippen molar-refractivity contribution in [1.82, 2.24) is 0 Å². The first-order valence-electron chi connectivity index (χ1n) is 6.21. The van der Waals surface area contributed by atoms with Crippen LogP contribution in [0.1, 0.15) is 6.42 Å². The normalized spacial score (nSPS) is 10.5. The molecule has 2 nitrogen and oxygen atoms in total. The first-order valence-corrected chi connectivity index (χ1v) is 7.95. The zero-order chi connectivity index (χ0) is 14.4. The average molecular weight is 328 g/mol. The smallest absolute Gasteiger partial charge is 0.119 e. The van der Waals surface area contributed by atoms with Gasteiger partial charge in [-0.3, -0.25) is 0 Å². The van der Waals surface area contributed by atoms with Gasteiger partial charge >= 0.3 is 0 Å². The van der Waals surface area contributed by atoms with Crippen molar-refractivity contribution >= 4 is 40.7 Å². The summed E-state index contributed by atoms with van der Waals surface area (Å²) in [5.41, 5.74) is 6.35. The van der Waals surface area contributed by atoms with Gasteiger partial charge in [-0.1, -0.05) is 23.2 Å². The maximum Gasteiger partial charge on any atom is 0.119 e. The summed E-state index contributed by atoms with van der Waals surface area (Å²) in [6, 6.07) is 13.1. The number of thioether (sulfide) groups is 1. The number of anilines is 1. The fourth-order valence-corrected chi connectivity index (χ4v) is 2.80. The molecule has 0 aliphatic heterocycles. The van der Waals surface area contributed by atoms with E-state index < -0.39 is 0 Å². The Hall–Kier alpha value is -1.03. The molecule has 0 amide bonds. The molecule has 0 aliphatic rings. The van der Waals surface area contributed by atoms with Crippen LogP contribution in [0.2, 0.25) is 10.0 Å². The van der Waals surface area contributed by atoms with Gasteiger partial charge in [0.1, 0.15) is 5.75 Å². The second-order valence-electron chi connectivity index (χ2n) is 4.20. The Kier molecular flexibility index (Phi) is 5.89. The van der Waals surface area contributed by atoms with Crippen LogP contribution >= 0.6 is 35.0 Å². The third kappa shape index (κ3) is 4.82. The Balaban J connectivity index is 1.68. The van der Waals surface area contributed by atoms with E-state index >= 15 is 0 Å². The molecule has 0 radical (unpaired) electrons. The summed E-state index contributed by atoms with van der Waals surface area (Å²) < 4.78 is 5.63. The number of ether oxygens (including phenoxy) is 1. The number of hydrogen-bond donors (Lipinski definition) is 1. The first kappa shape index (κ1) is 15.4. The molecule has 106 valence electrons. The van der Waals surface area contributed by atoms with Crippen molar-refractivity contribution in [3.05, 3.63) is 52.5 Å². The average Bonchev–Trinajstić information content (AvgIpc) is 2.44. The molecule has 0 saturated heterocycles. The third-order valence-electron chi connectivity index (χ3n) is 2.60. The molecule has 5 heteroatoms. The van der Waals surface area contributed by atoms with Gasteiger partial charge in [0.15, 0.2) is 0 Å². The molecule has 2 aromatic rings. The number of benzene rings is 2. The van der Waals surface area contributed by atoms with Crippen molar-refractivity contribution in [3.63, 3.8) is 0 Å². The number of halogens is 2. The highest BCUT2D eigenvalue weighted by Crippen LogP contribution is 2.28. The molecular weight excluding hydrogens is 313 g/mol. The van der Waals surface area contributed by atoms with Gasteiger partial charge in [-0.2, -0.15) is 0 Å². The number of hydrogen-bond acceptors (Lipinski definition) is 3. The second-order valence-corrected chi connectivity index (χ2v) is 6.18. The summed E-state index contributed by atoms with van der Waals surface area (Å²) in [6.45, 7) is 0.679. The Morgan fingerprint density at radius 3 is 2.45 bits per heavy atom. The van der Waals surface area contributed by atoms with E-state index in [-0.39, 0.29) is 0 Å². The summed E-state index contributed by atoms with van der Waals surface area (Å²) in [4.78, 5) is 1.12. The molecule has 0 fully saturated rings. The van der Waals surface area contributed by atoms with E-state index in [1.807, 2.05) is 42.5 Å². The van der Waals surface area contributed by atoms with E-state index in [1.165, 1.54) is 0 Å². The van der Waals surface area contributed by atoms with Gasteiger partial charge in [0, 0.05) is 16.3 Å². The van der Waals surface area contributed by atoms with E-state index in [1.54, 1.807) is 11.8 Å². The molecule has 0 saturated carbocycles. The van der Waals surface area contributed by atoms with Gasteiger partial charge in [0.05, 0.1) is 16.7 Å². The lowest BCUT2D eigenvalue weighted by molar-refractivity contribution is 0.319. The van der Waals surface area contributed by atoms with E-state index in [0.29, 0.717) is 16.7 Å². The minimum Gasteiger partial charge on any atom is -0.494 e. The van der Waals surface area contributed by atoms with Crippen molar-refractivity contribution < 1.29 is 4.74 Å². The van der Waals surface area contributed by atoms with Crippen LogP contribution in [0.15, 0.2) is 47.4 Å². The molecular formula is C15H15Cl2NOS. The van der Waals surface area contributed by atoms with Crippen molar-refractivity contribution in [2.24, 2.45) is 0 Å². The zero-order valence-electron chi connectivity index (χ0n) is 10.8. The Bertz CT molecular complexity index is 560.